The molecule has 2 aromatic heterocycles. The second-order valence-electron chi connectivity index (χ2n) is 9.46. The summed E-state index contributed by atoms with van der Waals surface area (Å²) in [7, 11) is 5.71. The van der Waals surface area contributed by atoms with E-state index in [-0.39, 0.29) is 11.8 Å². The van der Waals surface area contributed by atoms with Crippen LogP contribution in [0.4, 0.5) is 5.69 Å². The van der Waals surface area contributed by atoms with E-state index in [9.17, 15) is 9.59 Å². The molecule has 0 atom stereocenters. The Balaban J connectivity index is 1.42. The lowest BCUT2D eigenvalue weighted by molar-refractivity contribution is 0.0721. The van der Waals surface area contributed by atoms with Crippen molar-refractivity contribution in [3.05, 3.63) is 63.4 Å². The van der Waals surface area contributed by atoms with Gasteiger partial charge >= 0.3 is 0 Å². The summed E-state index contributed by atoms with van der Waals surface area (Å²) >= 11 is 1.52. The Kier molecular flexibility index (Phi) is 6.12. The summed E-state index contributed by atoms with van der Waals surface area (Å²) in [4.78, 5) is 36.6. The van der Waals surface area contributed by atoms with E-state index in [2.05, 4.69) is 4.98 Å². The molecule has 0 unspecified atom stereocenters. The molecule has 1 saturated carbocycles. The van der Waals surface area contributed by atoms with Crippen LogP contribution in [0.25, 0.3) is 0 Å². The fourth-order valence-electron chi connectivity index (χ4n) is 4.44. The Bertz CT molecular complexity index is 1200. The maximum atomic E-state index is 13.4. The van der Waals surface area contributed by atoms with E-state index < -0.39 is 0 Å². The molecule has 1 aliphatic carbocycles. The van der Waals surface area contributed by atoms with Gasteiger partial charge in [-0.15, -0.1) is 11.3 Å². The fraction of sp³-hybridized carbons (Fsp3) is 0.440. The first kappa shape index (κ1) is 22.6. The average molecular weight is 479 g/mol. The van der Waals surface area contributed by atoms with Gasteiger partial charge in [-0.25, -0.2) is 4.98 Å². The number of nitrogens with zero attached hydrogens (tertiary/aromatic N) is 6. The molecular formula is C25H30N6O2S. The van der Waals surface area contributed by atoms with Crippen molar-refractivity contribution in [3.63, 3.8) is 0 Å². The number of hydrogen-bond acceptors (Lipinski definition) is 6. The standard InChI is InChI=1S/C25H30N6O2S/c1-28(2)20-6-4-5-18(11-20)24(32)30-10-9-22-21(14-30)23(27-31(22)12-17-7-8-17)25(33)29(3)13-19-15-34-16-26-19/h4-6,11,15-17H,7-10,12-14H2,1-3H3. The molecule has 3 aromatic rings. The maximum absolute atomic E-state index is 13.4. The number of hydrogen-bond donors (Lipinski definition) is 0. The van der Waals surface area contributed by atoms with Gasteiger partial charge < -0.3 is 14.7 Å². The number of fused-ring (bicyclic) bond motifs is 1. The Morgan fingerprint density at radius 2 is 2.03 bits per heavy atom. The molecular weight excluding hydrogens is 448 g/mol. The van der Waals surface area contributed by atoms with Gasteiger partial charge in [0.2, 0.25) is 0 Å². The van der Waals surface area contributed by atoms with Crippen LogP contribution in [0.3, 0.4) is 0 Å². The predicted octanol–water partition coefficient (Wildman–Crippen LogP) is 3.29. The van der Waals surface area contributed by atoms with Crippen LogP contribution in [0.5, 0.6) is 0 Å². The molecule has 1 aromatic carbocycles. The van der Waals surface area contributed by atoms with Crippen molar-refractivity contribution in [1.29, 1.82) is 0 Å². The summed E-state index contributed by atoms with van der Waals surface area (Å²) in [6.45, 7) is 2.31. The number of amides is 2. The summed E-state index contributed by atoms with van der Waals surface area (Å²) < 4.78 is 2.03. The van der Waals surface area contributed by atoms with Gasteiger partial charge in [0, 0.05) is 68.5 Å². The third-order valence-electron chi connectivity index (χ3n) is 6.59. The first-order valence-electron chi connectivity index (χ1n) is 11.7. The zero-order chi connectivity index (χ0) is 23.8. The normalized spacial score (nSPS) is 15.2. The van der Waals surface area contributed by atoms with Gasteiger partial charge in [0.15, 0.2) is 5.69 Å². The van der Waals surface area contributed by atoms with Crippen molar-refractivity contribution in [2.45, 2.75) is 38.9 Å². The van der Waals surface area contributed by atoms with Crippen molar-refractivity contribution in [2.24, 2.45) is 5.92 Å². The number of rotatable bonds is 7. The SMILES string of the molecule is CN(Cc1cscn1)C(=O)c1nn(CC2CC2)c2c1CN(C(=O)c1cccc(N(C)C)c1)CC2. The molecule has 2 amide bonds. The topological polar surface area (TPSA) is 74.6 Å². The molecule has 1 fully saturated rings. The highest BCUT2D eigenvalue weighted by atomic mass is 32.1. The maximum Gasteiger partial charge on any atom is 0.274 e. The first-order valence-corrected chi connectivity index (χ1v) is 12.6. The highest BCUT2D eigenvalue weighted by molar-refractivity contribution is 7.07. The minimum atomic E-state index is -0.122. The van der Waals surface area contributed by atoms with E-state index in [0.29, 0.717) is 43.2 Å². The van der Waals surface area contributed by atoms with Crippen molar-refractivity contribution < 1.29 is 9.59 Å². The van der Waals surface area contributed by atoms with Crippen LogP contribution < -0.4 is 4.90 Å². The lowest BCUT2D eigenvalue weighted by atomic mass is 10.0. The van der Waals surface area contributed by atoms with Crippen LogP contribution in [0, 0.1) is 5.92 Å². The number of benzene rings is 1. The van der Waals surface area contributed by atoms with Crippen molar-refractivity contribution in [2.75, 3.05) is 32.6 Å². The van der Waals surface area contributed by atoms with Crippen LogP contribution in [0.15, 0.2) is 35.2 Å². The van der Waals surface area contributed by atoms with Gasteiger partial charge in [0.25, 0.3) is 11.8 Å². The molecule has 0 bridgehead atoms. The molecule has 2 aliphatic rings. The summed E-state index contributed by atoms with van der Waals surface area (Å²) in [5.74, 6) is 0.509. The average Bonchev–Trinajstić information content (AvgIpc) is 3.38. The van der Waals surface area contributed by atoms with E-state index >= 15 is 0 Å². The lowest BCUT2D eigenvalue weighted by Crippen LogP contribution is -2.37. The highest BCUT2D eigenvalue weighted by Gasteiger charge is 2.33. The fourth-order valence-corrected chi connectivity index (χ4v) is 4.99. The minimum absolute atomic E-state index is 0.0153. The molecule has 1 aliphatic heterocycles. The van der Waals surface area contributed by atoms with Gasteiger partial charge in [-0.1, -0.05) is 6.07 Å². The third-order valence-corrected chi connectivity index (χ3v) is 7.23. The second kappa shape index (κ2) is 9.21. The monoisotopic (exact) mass is 478 g/mol. The van der Waals surface area contributed by atoms with Crippen molar-refractivity contribution in [3.8, 4) is 0 Å². The van der Waals surface area contributed by atoms with E-state index in [0.717, 1.165) is 29.2 Å². The molecule has 0 N–H and O–H groups in total. The van der Waals surface area contributed by atoms with Gasteiger partial charge in [0.1, 0.15) is 0 Å². The zero-order valence-electron chi connectivity index (χ0n) is 19.9. The number of carbonyl (C=O) groups excluding carboxylic acids is 2. The van der Waals surface area contributed by atoms with E-state index in [1.54, 1.807) is 17.5 Å². The number of aromatic nitrogens is 3. The van der Waals surface area contributed by atoms with E-state index in [4.69, 9.17) is 5.10 Å². The summed E-state index contributed by atoms with van der Waals surface area (Å²) in [6, 6.07) is 7.67. The molecule has 0 spiro atoms. The summed E-state index contributed by atoms with van der Waals surface area (Å²) in [5, 5.41) is 6.74. The molecule has 3 heterocycles. The highest BCUT2D eigenvalue weighted by Crippen LogP contribution is 2.33. The lowest BCUT2D eigenvalue weighted by Gasteiger charge is -2.28. The largest absolute Gasteiger partial charge is 0.378 e. The second-order valence-corrected chi connectivity index (χ2v) is 10.2. The molecule has 34 heavy (non-hydrogen) atoms. The molecule has 0 saturated heterocycles. The van der Waals surface area contributed by atoms with Crippen LogP contribution >= 0.6 is 11.3 Å². The Morgan fingerprint density at radius 1 is 1.21 bits per heavy atom. The summed E-state index contributed by atoms with van der Waals surface area (Å²) in [6.07, 6.45) is 3.14. The van der Waals surface area contributed by atoms with Crippen LogP contribution in [-0.4, -0.2) is 64.1 Å². The van der Waals surface area contributed by atoms with Crippen molar-refractivity contribution >= 4 is 28.8 Å². The van der Waals surface area contributed by atoms with Crippen LogP contribution in [-0.2, 0) is 26.1 Å². The molecule has 5 rings (SSSR count). The van der Waals surface area contributed by atoms with Gasteiger partial charge in [-0.2, -0.15) is 5.10 Å². The van der Waals surface area contributed by atoms with E-state index in [1.165, 1.54) is 24.2 Å². The smallest absolute Gasteiger partial charge is 0.274 e. The van der Waals surface area contributed by atoms with E-state index in [1.807, 2.05) is 58.2 Å². The Hall–Kier alpha value is -3.20. The number of anilines is 1. The summed E-state index contributed by atoms with van der Waals surface area (Å²) in [5.41, 5.74) is 6.74. The van der Waals surface area contributed by atoms with Crippen LogP contribution in [0.2, 0.25) is 0 Å². The van der Waals surface area contributed by atoms with Gasteiger partial charge in [-0.05, 0) is 37.0 Å². The third kappa shape index (κ3) is 4.57. The number of thiazole rings is 1. The Morgan fingerprint density at radius 3 is 2.74 bits per heavy atom. The zero-order valence-corrected chi connectivity index (χ0v) is 20.7. The molecule has 0 radical (unpaired) electrons. The quantitative estimate of drug-likeness (QED) is 0.521. The number of carbonyl (C=O) groups is 2. The first-order chi connectivity index (χ1) is 16.4. The molecule has 178 valence electrons. The predicted molar refractivity (Wildman–Crippen MR) is 132 cm³/mol. The van der Waals surface area contributed by atoms with Gasteiger partial charge in [0.05, 0.1) is 24.3 Å². The minimum Gasteiger partial charge on any atom is -0.378 e. The van der Waals surface area contributed by atoms with Crippen LogP contribution in [0.1, 0.15) is 50.6 Å². The Labute approximate surface area is 203 Å². The van der Waals surface area contributed by atoms with Gasteiger partial charge in [-0.3, -0.25) is 14.3 Å². The molecule has 9 heteroatoms. The molecule has 8 nitrogen and oxygen atoms in total. The van der Waals surface area contributed by atoms with Crippen molar-refractivity contribution in [1.82, 2.24) is 24.6 Å².